The second-order valence-electron chi connectivity index (χ2n) is 4.49. The maximum atomic E-state index is 11.0. The van der Waals surface area contributed by atoms with Crippen LogP contribution in [0.3, 0.4) is 0 Å². The Bertz CT molecular complexity index is 610. The standard InChI is InChI=1S/C14H14N2O2/c15-14(17)8-16-7-12-11-4-2-1-3-10(11)5-6-13(12)18-9-16/h1-6H,7-9H2,(H2,15,17). The van der Waals surface area contributed by atoms with Gasteiger partial charge >= 0.3 is 0 Å². The molecule has 0 aliphatic carbocycles. The Morgan fingerprint density at radius 2 is 2.11 bits per heavy atom. The zero-order chi connectivity index (χ0) is 12.5. The summed E-state index contributed by atoms with van der Waals surface area (Å²) in [6.07, 6.45) is 0. The van der Waals surface area contributed by atoms with Crippen molar-refractivity contribution in [1.29, 1.82) is 0 Å². The first kappa shape index (κ1) is 11.0. The van der Waals surface area contributed by atoms with E-state index < -0.39 is 0 Å². The second kappa shape index (κ2) is 4.31. The fraction of sp³-hybridized carbons (Fsp3) is 0.214. The fourth-order valence-corrected chi connectivity index (χ4v) is 2.37. The van der Waals surface area contributed by atoms with Crippen LogP contribution in [0.25, 0.3) is 10.8 Å². The lowest BCUT2D eigenvalue weighted by molar-refractivity contribution is -0.120. The smallest absolute Gasteiger partial charge is 0.231 e. The van der Waals surface area contributed by atoms with Crippen molar-refractivity contribution in [2.24, 2.45) is 5.73 Å². The van der Waals surface area contributed by atoms with Crippen molar-refractivity contribution in [3.8, 4) is 5.75 Å². The third-order valence-electron chi connectivity index (χ3n) is 3.16. The van der Waals surface area contributed by atoms with E-state index in [2.05, 4.69) is 18.2 Å². The van der Waals surface area contributed by atoms with Crippen molar-refractivity contribution in [3.63, 3.8) is 0 Å². The Labute approximate surface area is 105 Å². The van der Waals surface area contributed by atoms with Crippen molar-refractivity contribution in [3.05, 3.63) is 42.0 Å². The first-order valence-electron chi connectivity index (χ1n) is 5.88. The zero-order valence-corrected chi connectivity index (χ0v) is 9.93. The molecule has 0 unspecified atom stereocenters. The van der Waals surface area contributed by atoms with Crippen LogP contribution in [0.2, 0.25) is 0 Å². The van der Waals surface area contributed by atoms with Crippen molar-refractivity contribution < 1.29 is 9.53 Å². The highest BCUT2D eigenvalue weighted by atomic mass is 16.5. The highest BCUT2D eigenvalue weighted by Crippen LogP contribution is 2.31. The van der Waals surface area contributed by atoms with E-state index in [0.717, 1.165) is 11.3 Å². The molecule has 1 aliphatic rings. The van der Waals surface area contributed by atoms with Gasteiger partial charge in [-0.2, -0.15) is 0 Å². The molecule has 92 valence electrons. The van der Waals surface area contributed by atoms with Crippen molar-refractivity contribution in [1.82, 2.24) is 4.90 Å². The number of primary amides is 1. The lowest BCUT2D eigenvalue weighted by Gasteiger charge is -2.28. The second-order valence-corrected chi connectivity index (χ2v) is 4.49. The number of hydrogen-bond donors (Lipinski definition) is 1. The predicted molar refractivity (Wildman–Crippen MR) is 69.0 cm³/mol. The number of nitrogens with two attached hydrogens (primary N) is 1. The Kier molecular flexibility index (Phi) is 2.64. The molecule has 4 nitrogen and oxygen atoms in total. The van der Waals surface area contributed by atoms with Gasteiger partial charge in [-0.15, -0.1) is 0 Å². The van der Waals surface area contributed by atoms with E-state index in [4.69, 9.17) is 10.5 Å². The summed E-state index contributed by atoms with van der Waals surface area (Å²) in [5.41, 5.74) is 6.35. The average molecular weight is 242 g/mol. The van der Waals surface area contributed by atoms with Gasteiger partial charge in [0.25, 0.3) is 0 Å². The van der Waals surface area contributed by atoms with Crippen molar-refractivity contribution in [2.75, 3.05) is 13.3 Å². The summed E-state index contributed by atoms with van der Waals surface area (Å²) in [5, 5.41) is 2.35. The van der Waals surface area contributed by atoms with Crippen LogP contribution in [-0.4, -0.2) is 24.1 Å². The predicted octanol–water partition coefficient (Wildman–Crippen LogP) is 1.48. The Balaban J connectivity index is 2.02. The number of hydrogen-bond acceptors (Lipinski definition) is 3. The summed E-state index contributed by atoms with van der Waals surface area (Å²) in [5.74, 6) is 0.566. The molecule has 4 heteroatoms. The molecule has 0 saturated heterocycles. The van der Waals surface area contributed by atoms with Gasteiger partial charge in [0, 0.05) is 12.1 Å². The first-order valence-corrected chi connectivity index (χ1v) is 5.88. The normalized spacial score (nSPS) is 15.1. The SMILES string of the molecule is NC(=O)CN1COc2ccc3ccccc3c2C1. The molecule has 2 aromatic rings. The van der Waals surface area contributed by atoms with E-state index in [1.54, 1.807) is 0 Å². The molecule has 1 heterocycles. The summed E-state index contributed by atoms with van der Waals surface area (Å²) in [6.45, 7) is 1.33. The maximum Gasteiger partial charge on any atom is 0.231 e. The Morgan fingerprint density at radius 1 is 1.28 bits per heavy atom. The molecule has 0 bridgehead atoms. The third-order valence-corrected chi connectivity index (χ3v) is 3.16. The lowest BCUT2D eigenvalue weighted by Crippen LogP contribution is -2.38. The summed E-state index contributed by atoms with van der Waals surface area (Å²) >= 11 is 0. The van der Waals surface area contributed by atoms with Crippen LogP contribution in [0.15, 0.2) is 36.4 Å². The molecule has 2 aromatic carbocycles. The van der Waals surface area contributed by atoms with Gasteiger partial charge in [-0.3, -0.25) is 9.69 Å². The van der Waals surface area contributed by atoms with Gasteiger partial charge in [0.2, 0.25) is 5.91 Å². The van der Waals surface area contributed by atoms with Crippen molar-refractivity contribution >= 4 is 16.7 Å². The minimum Gasteiger partial charge on any atom is -0.478 e. The summed E-state index contributed by atoms with van der Waals surface area (Å²) in [6, 6.07) is 12.2. The van der Waals surface area contributed by atoms with Crippen LogP contribution in [0.5, 0.6) is 5.75 Å². The molecule has 0 aromatic heterocycles. The monoisotopic (exact) mass is 242 g/mol. The molecular formula is C14H14N2O2. The molecule has 0 saturated carbocycles. The number of rotatable bonds is 2. The van der Waals surface area contributed by atoms with Gasteiger partial charge in [0.1, 0.15) is 12.5 Å². The largest absolute Gasteiger partial charge is 0.478 e. The highest BCUT2D eigenvalue weighted by molar-refractivity contribution is 5.88. The van der Waals surface area contributed by atoms with Gasteiger partial charge in [-0.25, -0.2) is 0 Å². The summed E-state index contributed by atoms with van der Waals surface area (Å²) in [4.78, 5) is 12.9. The van der Waals surface area contributed by atoms with E-state index in [0.29, 0.717) is 13.3 Å². The van der Waals surface area contributed by atoms with Gasteiger partial charge in [0.15, 0.2) is 0 Å². The van der Waals surface area contributed by atoms with Gasteiger partial charge in [0.05, 0.1) is 6.54 Å². The summed E-state index contributed by atoms with van der Waals surface area (Å²) in [7, 11) is 0. The number of nitrogens with zero attached hydrogens (tertiary/aromatic N) is 1. The number of carbonyl (C=O) groups excluding carboxylic acids is 1. The number of ether oxygens (including phenoxy) is 1. The lowest BCUT2D eigenvalue weighted by atomic mass is 10.0. The summed E-state index contributed by atoms with van der Waals surface area (Å²) < 4.78 is 5.66. The minimum atomic E-state index is -0.331. The van der Waals surface area contributed by atoms with E-state index in [-0.39, 0.29) is 12.5 Å². The van der Waals surface area contributed by atoms with Crippen LogP contribution < -0.4 is 10.5 Å². The molecule has 0 fully saturated rings. The van der Waals surface area contributed by atoms with Crippen molar-refractivity contribution in [2.45, 2.75) is 6.54 Å². The maximum absolute atomic E-state index is 11.0. The van der Waals surface area contributed by atoms with Crippen LogP contribution in [0.1, 0.15) is 5.56 Å². The number of benzene rings is 2. The fourth-order valence-electron chi connectivity index (χ4n) is 2.37. The van der Waals surface area contributed by atoms with Gasteiger partial charge < -0.3 is 10.5 Å². The number of carbonyl (C=O) groups is 1. The third kappa shape index (κ3) is 1.91. The van der Waals surface area contributed by atoms with E-state index in [1.807, 2.05) is 23.1 Å². The first-order chi connectivity index (χ1) is 8.74. The van der Waals surface area contributed by atoms with Crippen LogP contribution in [-0.2, 0) is 11.3 Å². The minimum absolute atomic E-state index is 0.225. The molecule has 3 rings (SSSR count). The van der Waals surface area contributed by atoms with Crippen LogP contribution in [0.4, 0.5) is 0 Å². The Hall–Kier alpha value is -2.07. The van der Waals surface area contributed by atoms with Crippen LogP contribution in [0, 0.1) is 0 Å². The molecule has 0 radical (unpaired) electrons. The molecule has 2 N–H and O–H groups in total. The Morgan fingerprint density at radius 3 is 2.94 bits per heavy atom. The van der Waals surface area contributed by atoms with E-state index in [1.165, 1.54) is 10.8 Å². The molecule has 1 aliphatic heterocycles. The van der Waals surface area contributed by atoms with E-state index in [9.17, 15) is 4.79 Å². The molecular weight excluding hydrogens is 228 g/mol. The quantitative estimate of drug-likeness (QED) is 0.867. The van der Waals surface area contributed by atoms with Gasteiger partial charge in [-0.05, 0) is 16.8 Å². The zero-order valence-electron chi connectivity index (χ0n) is 9.93. The average Bonchev–Trinajstić information content (AvgIpc) is 2.38. The topological polar surface area (TPSA) is 55.6 Å². The highest BCUT2D eigenvalue weighted by Gasteiger charge is 2.20. The van der Waals surface area contributed by atoms with Crippen LogP contribution >= 0.6 is 0 Å². The molecule has 18 heavy (non-hydrogen) atoms. The molecule has 0 atom stereocenters. The molecule has 0 spiro atoms. The number of fused-ring (bicyclic) bond motifs is 3. The number of amides is 1. The molecule has 1 amide bonds. The van der Waals surface area contributed by atoms with Gasteiger partial charge in [-0.1, -0.05) is 30.3 Å². The van der Waals surface area contributed by atoms with E-state index >= 15 is 0 Å².